The molecule has 2 heteroatoms. The van der Waals surface area contributed by atoms with Gasteiger partial charge in [-0.15, -0.1) is 0 Å². The van der Waals surface area contributed by atoms with Crippen molar-refractivity contribution in [1.82, 2.24) is 0 Å². The molecule has 42 heavy (non-hydrogen) atoms. The van der Waals surface area contributed by atoms with Crippen molar-refractivity contribution in [1.29, 1.82) is 0 Å². The first-order valence-corrected chi connectivity index (χ1v) is 16.9. The summed E-state index contributed by atoms with van der Waals surface area (Å²) in [5.41, 5.74) is 28.8. The van der Waals surface area contributed by atoms with Crippen LogP contribution in [0.2, 0.25) is 0 Å². The zero-order valence-electron chi connectivity index (χ0n) is 27.7. The highest BCUT2D eigenvalue weighted by atomic mass is 79.9. The third-order valence-corrected chi connectivity index (χ3v) is 13.3. The largest absolute Gasteiger partial charge is 0.0558 e. The SMILES string of the molecule is Cc1cc(C)c2c(C)c1Cc1c(C)c(Br)c(C)c(c1C)Cc1c(C)cc(C)c(c1C)Cc1c(C)c(Br)c(C)c(c1C)C2. The van der Waals surface area contributed by atoms with Crippen molar-refractivity contribution < 1.29 is 0 Å². The highest BCUT2D eigenvalue weighted by Gasteiger charge is 2.24. The summed E-state index contributed by atoms with van der Waals surface area (Å²) in [5.74, 6) is 0. The molecule has 0 nitrogen and oxygen atoms in total. The second-order valence-corrected chi connectivity index (χ2v) is 14.8. The van der Waals surface area contributed by atoms with E-state index in [0.717, 1.165) is 25.7 Å². The fourth-order valence-corrected chi connectivity index (χ4v) is 8.94. The third kappa shape index (κ3) is 4.95. The summed E-state index contributed by atoms with van der Waals surface area (Å²) >= 11 is 8.10. The van der Waals surface area contributed by atoms with Gasteiger partial charge in [-0.2, -0.15) is 0 Å². The van der Waals surface area contributed by atoms with E-state index >= 15 is 0 Å². The molecule has 0 aliphatic heterocycles. The summed E-state index contributed by atoms with van der Waals surface area (Å²) < 4.78 is 2.54. The normalized spacial score (nSPS) is 13.1. The highest BCUT2D eigenvalue weighted by molar-refractivity contribution is 9.10. The molecule has 1 aliphatic carbocycles. The second-order valence-electron chi connectivity index (χ2n) is 13.2. The van der Waals surface area contributed by atoms with Gasteiger partial charge in [0.05, 0.1) is 0 Å². The van der Waals surface area contributed by atoms with Crippen LogP contribution in [0.1, 0.15) is 111 Å². The minimum absolute atomic E-state index is 0.965. The molecule has 0 saturated heterocycles. The quantitative estimate of drug-likeness (QED) is 0.152. The summed E-state index contributed by atoms with van der Waals surface area (Å²) in [4.78, 5) is 0. The Labute approximate surface area is 271 Å². The maximum atomic E-state index is 4.05. The van der Waals surface area contributed by atoms with Gasteiger partial charge in [-0.1, -0.05) is 44.0 Å². The zero-order chi connectivity index (χ0) is 30.9. The van der Waals surface area contributed by atoms with Crippen LogP contribution in [0.15, 0.2) is 21.1 Å². The first-order valence-electron chi connectivity index (χ1n) is 15.4. The Morgan fingerprint density at radius 3 is 0.714 bits per heavy atom. The standard InChI is InChI=1S/C40H46Br2/c1-19-13-20(2)32-16-36-26(8)38(30(12)40(42)28(36)10)18-34-22(4)14-21(3)33(24(34)6)17-37-25(7)35(15-31(19)23(32)5)27(9)39(41)29(37)11/h13-14H,15-18H2,1-12H3. The van der Waals surface area contributed by atoms with Crippen LogP contribution in [0, 0.1) is 83.1 Å². The molecule has 0 amide bonds. The number of halogens is 2. The predicted octanol–water partition coefficient (Wildman–Crippen LogP) is 11.6. The first-order chi connectivity index (χ1) is 19.6. The van der Waals surface area contributed by atoms with Gasteiger partial charge in [-0.25, -0.2) is 0 Å². The van der Waals surface area contributed by atoms with Gasteiger partial charge in [-0.3, -0.25) is 0 Å². The van der Waals surface area contributed by atoms with Gasteiger partial charge in [0.1, 0.15) is 0 Å². The van der Waals surface area contributed by atoms with Gasteiger partial charge < -0.3 is 0 Å². The van der Waals surface area contributed by atoms with Crippen LogP contribution in [-0.4, -0.2) is 0 Å². The molecule has 0 radical (unpaired) electrons. The Hall–Kier alpha value is -2.16. The van der Waals surface area contributed by atoms with Crippen LogP contribution in [-0.2, 0) is 25.7 Å². The van der Waals surface area contributed by atoms with Crippen LogP contribution in [0.5, 0.6) is 0 Å². The Balaban J connectivity index is 1.92. The molecular weight excluding hydrogens is 640 g/mol. The van der Waals surface area contributed by atoms with Gasteiger partial charge in [0, 0.05) is 8.95 Å². The van der Waals surface area contributed by atoms with Crippen LogP contribution in [0.3, 0.4) is 0 Å². The molecule has 1 aliphatic rings. The van der Waals surface area contributed by atoms with Crippen LogP contribution < -0.4 is 0 Å². The van der Waals surface area contributed by atoms with E-state index in [1.807, 2.05) is 0 Å². The lowest BCUT2D eigenvalue weighted by Gasteiger charge is -2.27. The van der Waals surface area contributed by atoms with E-state index in [4.69, 9.17) is 0 Å². The lowest BCUT2D eigenvalue weighted by Crippen LogP contribution is -2.13. The van der Waals surface area contributed by atoms with Crippen LogP contribution in [0.4, 0.5) is 0 Å². The summed E-state index contributed by atoms with van der Waals surface area (Å²) in [6.07, 6.45) is 3.86. The molecule has 0 unspecified atom stereocenters. The minimum Gasteiger partial charge on any atom is -0.0558 e. The van der Waals surface area contributed by atoms with E-state index in [1.165, 1.54) is 120 Å². The number of hydrogen-bond acceptors (Lipinski definition) is 0. The topological polar surface area (TPSA) is 0 Å². The van der Waals surface area contributed by atoms with Gasteiger partial charge in [0.2, 0.25) is 0 Å². The number of rotatable bonds is 0. The highest BCUT2D eigenvalue weighted by Crippen LogP contribution is 2.40. The average Bonchev–Trinajstić information content (AvgIpc) is 2.92. The minimum atomic E-state index is 0.965. The smallest absolute Gasteiger partial charge is 0.0239 e. The van der Waals surface area contributed by atoms with Crippen LogP contribution >= 0.6 is 31.9 Å². The van der Waals surface area contributed by atoms with Crippen molar-refractivity contribution in [3.05, 3.63) is 132 Å². The molecule has 0 atom stereocenters. The number of hydrogen-bond donors (Lipinski definition) is 0. The van der Waals surface area contributed by atoms with Crippen molar-refractivity contribution in [3.8, 4) is 0 Å². The summed E-state index contributed by atoms with van der Waals surface area (Å²) in [6, 6.07) is 4.87. The molecule has 8 bridgehead atoms. The number of aryl methyl sites for hydroxylation is 4. The lowest BCUT2D eigenvalue weighted by atomic mass is 9.79. The Morgan fingerprint density at radius 1 is 0.310 bits per heavy atom. The average molecular weight is 687 g/mol. The van der Waals surface area contributed by atoms with Crippen molar-refractivity contribution in [2.24, 2.45) is 0 Å². The first kappa shape index (κ1) is 31.3. The maximum absolute atomic E-state index is 4.05. The van der Waals surface area contributed by atoms with Gasteiger partial charge >= 0.3 is 0 Å². The summed E-state index contributed by atoms with van der Waals surface area (Å²) in [5, 5.41) is 0. The van der Waals surface area contributed by atoms with E-state index in [1.54, 1.807) is 0 Å². The molecule has 0 heterocycles. The van der Waals surface area contributed by atoms with Gasteiger partial charge in [0.25, 0.3) is 0 Å². The maximum Gasteiger partial charge on any atom is 0.0239 e. The molecule has 0 fully saturated rings. The Bertz CT molecular complexity index is 1550. The van der Waals surface area contributed by atoms with Crippen molar-refractivity contribution in [2.75, 3.05) is 0 Å². The van der Waals surface area contributed by atoms with E-state index < -0.39 is 0 Å². The van der Waals surface area contributed by atoms with Gasteiger partial charge in [0.15, 0.2) is 0 Å². The molecule has 220 valence electrons. The van der Waals surface area contributed by atoms with Gasteiger partial charge in [-0.05, 0) is 220 Å². The van der Waals surface area contributed by atoms with Crippen molar-refractivity contribution in [2.45, 2.75) is 109 Å². The van der Waals surface area contributed by atoms with E-state index in [9.17, 15) is 0 Å². The molecule has 0 spiro atoms. The predicted molar refractivity (Wildman–Crippen MR) is 189 cm³/mol. The van der Waals surface area contributed by atoms with E-state index in [-0.39, 0.29) is 0 Å². The number of fused-ring (bicyclic) bond motifs is 8. The molecule has 0 N–H and O–H groups in total. The summed E-state index contributed by atoms with van der Waals surface area (Å²) in [7, 11) is 0. The molecule has 4 aromatic carbocycles. The summed E-state index contributed by atoms with van der Waals surface area (Å²) in [6.45, 7) is 28.0. The molecular formula is C40H46Br2. The van der Waals surface area contributed by atoms with E-state index in [2.05, 4.69) is 127 Å². The number of benzene rings is 4. The van der Waals surface area contributed by atoms with Crippen molar-refractivity contribution in [3.63, 3.8) is 0 Å². The Kier molecular flexibility index (Phi) is 8.49. The monoisotopic (exact) mass is 684 g/mol. The third-order valence-electron chi connectivity index (χ3n) is 10.9. The zero-order valence-corrected chi connectivity index (χ0v) is 30.9. The molecule has 5 rings (SSSR count). The fraction of sp³-hybridized carbons (Fsp3) is 0.400. The fourth-order valence-electron chi connectivity index (χ4n) is 7.98. The lowest BCUT2D eigenvalue weighted by molar-refractivity contribution is 0.966. The molecule has 4 aromatic rings. The van der Waals surface area contributed by atoms with Crippen LogP contribution in [0.25, 0.3) is 0 Å². The van der Waals surface area contributed by atoms with Crippen molar-refractivity contribution >= 4 is 31.9 Å². The molecule has 0 aromatic heterocycles. The second kappa shape index (κ2) is 11.4. The Morgan fingerprint density at radius 2 is 0.500 bits per heavy atom. The van der Waals surface area contributed by atoms with E-state index in [0.29, 0.717) is 0 Å². The molecule has 0 saturated carbocycles.